The average Bonchev–Trinajstić information content (AvgIpc) is 2.99. The minimum Gasteiger partial charge on any atom is -0.382 e. The van der Waals surface area contributed by atoms with Crippen LogP contribution in [0.15, 0.2) is 0 Å². The zero-order valence-electron chi connectivity index (χ0n) is 12.8. The number of nitrogen functional groups attached to an aromatic ring is 1. The Hall–Kier alpha value is -1.30. The summed E-state index contributed by atoms with van der Waals surface area (Å²) < 4.78 is 0. The number of nitrogens with zero attached hydrogens (tertiary/aromatic N) is 2. The van der Waals surface area contributed by atoms with Crippen molar-refractivity contribution < 1.29 is 4.79 Å². The van der Waals surface area contributed by atoms with Gasteiger partial charge < -0.3 is 16.0 Å². The van der Waals surface area contributed by atoms with Gasteiger partial charge in [0.1, 0.15) is 10.7 Å². The van der Waals surface area contributed by atoms with Gasteiger partial charge in [0.15, 0.2) is 5.13 Å². The van der Waals surface area contributed by atoms with Crippen LogP contribution in [-0.4, -0.2) is 34.4 Å². The number of carbonyl (C=O) groups excluding carboxylic acids is 1. The van der Waals surface area contributed by atoms with Crippen molar-refractivity contribution in [3.05, 3.63) is 4.88 Å². The number of aromatic nitrogens is 1. The van der Waals surface area contributed by atoms with Gasteiger partial charge in [-0.25, -0.2) is 4.98 Å². The Kier molecular flexibility index (Phi) is 4.06. The van der Waals surface area contributed by atoms with Gasteiger partial charge in [-0.1, -0.05) is 25.2 Å². The van der Waals surface area contributed by atoms with E-state index in [2.05, 4.69) is 24.1 Å². The SMILES string of the molecule is CC(C)C1CCCN1C(=O)c1sc(NC2CCC2)nc1N. The summed E-state index contributed by atoms with van der Waals surface area (Å²) in [5.74, 6) is 0.919. The fourth-order valence-corrected chi connectivity index (χ4v) is 4.06. The monoisotopic (exact) mass is 308 g/mol. The maximum atomic E-state index is 12.8. The van der Waals surface area contributed by atoms with Crippen LogP contribution in [0.25, 0.3) is 0 Å². The van der Waals surface area contributed by atoms with Crippen molar-refractivity contribution in [2.45, 2.75) is 58.0 Å². The highest BCUT2D eigenvalue weighted by Gasteiger charge is 2.33. The maximum Gasteiger partial charge on any atom is 0.268 e. The maximum absolute atomic E-state index is 12.8. The van der Waals surface area contributed by atoms with Crippen molar-refractivity contribution in [1.82, 2.24) is 9.88 Å². The van der Waals surface area contributed by atoms with Crippen molar-refractivity contribution in [3.8, 4) is 0 Å². The molecular formula is C15H24N4OS. The number of rotatable bonds is 4. The zero-order valence-corrected chi connectivity index (χ0v) is 13.6. The number of carbonyl (C=O) groups is 1. The number of anilines is 2. The molecule has 1 unspecified atom stereocenters. The van der Waals surface area contributed by atoms with Crippen molar-refractivity contribution in [2.75, 3.05) is 17.6 Å². The molecule has 1 aliphatic heterocycles. The van der Waals surface area contributed by atoms with Gasteiger partial charge in [-0.3, -0.25) is 4.79 Å². The molecule has 1 aromatic rings. The Morgan fingerprint density at radius 1 is 1.38 bits per heavy atom. The molecule has 21 heavy (non-hydrogen) atoms. The van der Waals surface area contributed by atoms with Crippen LogP contribution in [0.5, 0.6) is 0 Å². The molecule has 116 valence electrons. The highest BCUT2D eigenvalue weighted by Crippen LogP contribution is 2.33. The third kappa shape index (κ3) is 2.86. The quantitative estimate of drug-likeness (QED) is 0.897. The lowest BCUT2D eigenvalue weighted by Gasteiger charge is -2.27. The van der Waals surface area contributed by atoms with Crippen LogP contribution in [0.2, 0.25) is 0 Å². The third-order valence-electron chi connectivity index (χ3n) is 4.61. The van der Waals surface area contributed by atoms with Crippen LogP contribution in [-0.2, 0) is 0 Å². The molecule has 0 bridgehead atoms. The van der Waals surface area contributed by atoms with E-state index in [4.69, 9.17) is 5.73 Å². The molecule has 2 aliphatic rings. The van der Waals surface area contributed by atoms with Crippen LogP contribution in [0.3, 0.4) is 0 Å². The van der Waals surface area contributed by atoms with E-state index >= 15 is 0 Å². The fraction of sp³-hybridized carbons (Fsp3) is 0.733. The predicted molar refractivity (Wildman–Crippen MR) is 86.7 cm³/mol. The molecule has 1 atom stereocenters. The van der Waals surface area contributed by atoms with Crippen molar-refractivity contribution in [1.29, 1.82) is 0 Å². The molecule has 1 saturated carbocycles. The molecule has 5 nitrogen and oxygen atoms in total. The summed E-state index contributed by atoms with van der Waals surface area (Å²) in [6, 6.07) is 0.843. The predicted octanol–water partition coefficient (Wildman–Crippen LogP) is 2.95. The minimum atomic E-state index is 0.0582. The summed E-state index contributed by atoms with van der Waals surface area (Å²) in [5, 5.41) is 4.17. The lowest BCUT2D eigenvalue weighted by Crippen LogP contribution is -2.38. The minimum absolute atomic E-state index is 0.0582. The second kappa shape index (κ2) is 5.83. The van der Waals surface area contributed by atoms with Gasteiger partial charge in [0.2, 0.25) is 0 Å². The van der Waals surface area contributed by atoms with E-state index in [9.17, 15) is 4.79 Å². The Morgan fingerprint density at radius 3 is 2.76 bits per heavy atom. The largest absolute Gasteiger partial charge is 0.382 e. The molecule has 0 radical (unpaired) electrons. The highest BCUT2D eigenvalue weighted by atomic mass is 32.1. The van der Waals surface area contributed by atoms with Crippen LogP contribution in [0.4, 0.5) is 10.9 Å². The fourth-order valence-electron chi connectivity index (χ4n) is 3.14. The smallest absolute Gasteiger partial charge is 0.268 e. The molecule has 3 N–H and O–H groups in total. The Bertz CT molecular complexity index is 524. The molecule has 3 rings (SSSR count). The standard InChI is InChI=1S/C15H24N4OS/c1-9(2)11-7-4-8-19(11)14(20)12-13(16)18-15(21-12)17-10-5-3-6-10/h9-11H,3-8,16H2,1-2H3,(H,17,18). The zero-order chi connectivity index (χ0) is 15.0. The van der Waals surface area contributed by atoms with Gasteiger partial charge in [0.05, 0.1) is 0 Å². The number of nitrogens with one attached hydrogen (secondary N) is 1. The molecule has 1 amide bonds. The topological polar surface area (TPSA) is 71.2 Å². The lowest BCUT2D eigenvalue weighted by molar-refractivity contribution is 0.0707. The summed E-state index contributed by atoms with van der Waals surface area (Å²) in [6.07, 6.45) is 5.82. The van der Waals surface area contributed by atoms with E-state index in [0.29, 0.717) is 28.7 Å². The first-order valence-corrected chi connectivity index (χ1v) is 8.71. The highest BCUT2D eigenvalue weighted by molar-refractivity contribution is 7.18. The van der Waals surface area contributed by atoms with E-state index < -0.39 is 0 Å². The van der Waals surface area contributed by atoms with Gasteiger partial charge in [0, 0.05) is 18.6 Å². The van der Waals surface area contributed by atoms with Crippen molar-refractivity contribution in [3.63, 3.8) is 0 Å². The molecule has 0 aromatic carbocycles. The van der Waals surface area contributed by atoms with Crippen molar-refractivity contribution >= 4 is 28.2 Å². The van der Waals surface area contributed by atoms with E-state index in [-0.39, 0.29) is 5.91 Å². The van der Waals surface area contributed by atoms with Gasteiger partial charge in [-0.2, -0.15) is 0 Å². The molecule has 2 heterocycles. The van der Waals surface area contributed by atoms with Gasteiger partial charge >= 0.3 is 0 Å². The van der Waals surface area contributed by atoms with E-state index in [0.717, 1.165) is 24.5 Å². The summed E-state index contributed by atoms with van der Waals surface area (Å²) in [6.45, 7) is 5.19. The number of thiazole rings is 1. The summed E-state index contributed by atoms with van der Waals surface area (Å²) >= 11 is 1.41. The number of hydrogen-bond acceptors (Lipinski definition) is 5. The molecule has 1 aromatic heterocycles. The Morgan fingerprint density at radius 2 is 2.14 bits per heavy atom. The van der Waals surface area contributed by atoms with E-state index in [1.54, 1.807) is 0 Å². The first-order chi connectivity index (χ1) is 10.1. The Labute approximate surface area is 129 Å². The molecule has 0 spiro atoms. The number of nitrogens with two attached hydrogens (primary N) is 1. The molecule has 6 heteroatoms. The summed E-state index contributed by atoms with van der Waals surface area (Å²) in [5.41, 5.74) is 5.98. The second-order valence-corrected chi connectivity index (χ2v) is 7.46. The summed E-state index contributed by atoms with van der Waals surface area (Å²) in [4.78, 5) is 19.7. The lowest BCUT2D eigenvalue weighted by atomic mass is 9.93. The van der Waals surface area contributed by atoms with E-state index in [1.165, 1.54) is 30.6 Å². The number of hydrogen-bond donors (Lipinski definition) is 2. The normalized spacial score (nSPS) is 22.6. The third-order valence-corrected chi connectivity index (χ3v) is 5.60. The van der Waals surface area contributed by atoms with Crippen LogP contribution in [0, 0.1) is 5.92 Å². The molecule has 1 saturated heterocycles. The first-order valence-electron chi connectivity index (χ1n) is 7.90. The number of likely N-dealkylation sites (tertiary alicyclic amines) is 1. The van der Waals surface area contributed by atoms with Crippen LogP contribution in [0.1, 0.15) is 55.6 Å². The van der Waals surface area contributed by atoms with Crippen molar-refractivity contribution in [2.24, 2.45) is 5.92 Å². The van der Waals surface area contributed by atoms with Gasteiger partial charge in [0.25, 0.3) is 5.91 Å². The summed E-state index contributed by atoms with van der Waals surface area (Å²) in [7, 11) is 0. The molecular weight excluding hydrogens is 284 g/mol. The Balaban J connectivity index is 1.74. The molecule has 2 fully saturated rings. The number of amides is 1. The van der Waals surface area contributed by atoms with Gasteiger partial charge in [-0.05, 0) is 38.0 Å². The van der Waals surface area contributed by atoms with Crippen LogP contribution >= 0.6 is 11.3 Å². The first kappa shape index (κ1) is 14.6. The van der Waals surface area contributed by atoms with Gasteiger partial charge in [-0.15, -0.1) is 0 Å². The van der Waals surface area contributed by atoms with Crippen LogP contribution < -0.4 is 11.1 Å². The second-order valence-electron chi connectivity index (χ2n) is 6.46. The van der Waals surface area contributed by atoms with E-state index in [1.807, 2.05) is 4.90 Å². The molecule has 1 aliphatic carbocycles. The average molecular weight is 308 g/mol.